The van der Waals surface area contributed by atoms with E-state index in [0.717, 1.165) is 16.5 Å². The van der Waals surface area contributed by atoms with Gasteiger partial charge in [0.1, 0.15) is 17.3 Å². The van der Waals surface area contributed by atoms with Crippen LogP contribution in [0.4, 0.5) is 10.5 Å². The maximum absolute atomic E-state index is 13.0. The van der Waals surface area contributed by atoms with Crippen molar-refractivity contribution in [2.45, 2.75) is 37.8 Å². The molecule has 202 valence electrons. The third-order valence-corrected chi connectivity index (χ3v) is 7.88. The fraction of sp³-hybridized carbons (Fsp3) is 0.250. The number of rotatable bonds is 7. The Bertz CT molecular complexity index is 1570. The van der Waals surface area contributed by atoms with Crippen LogP contribution in [0.25, 0.3) is 10.9 Å². The van der Waals surface area contributed by atoms with Gasteiger partial charge in [-0.1, -0.05) is 48.5 Å². The molecule has 2 amide bonds. The number of piperidine rings is 1. The van der Waals surface area contributed by atoms with Gasteiger partial charge in [-0.25, -0.2) is 4.79 Å². The fourth-order valence-electron chi connectivity index (χ4n) is 5.48. The number of amides is 2. The smallest absolute Gasteiger partial charge is 0.407 e. The van der Waals surface area contributed by atoms with Gasteiger partial charge in [0.25, 0.3) is 0 Å². The molecule has 8 heteroatoms. The molecule has 1 saturated heterocycles. The lowest BCUT2D eigenvalue weighted by atomic mass is 9.93. The number of hydrogen-bond acceptors (Lipinski definition) is 5. The molecule has 0 radical (unpaired) electrons. The monoisotopic (exact) mass is 535 g/mol. The maximum atomic E-state index is 13.0. The zero-order chi connectivity index (χ0) is 27.7. The first-order valence-electron chi connectivity index (χ1n) is 13.5. The van der Waals surface area contributed by atoms with Gasteiger partial charge in [-0.05, 0) is 54.8 Å². The summed E-state index contributed by atoms with van der Waals surface area (Å²) in [7, 11) is 0. The van der Waals surface area contributed by atoms with E-state index in [0.29, 0.717) is 49.2 Å². The number of likely N-dealkylation sites (tertiary alicyclic amines) is 1. The highest BCUT2D eigenvalue weighted by Crippen LogP contribution is 2.49. The van der Waals surface area contributed by atoms with Crippen LogP contribution in [-0.4, -0.2) is 45.4 Å². The summed E-state index contributed by atoms with van der Waals surface area (Å²) in [5.74, 6) is 0.200. The van der Waals surface area contributed by atoms with Gasteiger partial charge in [0.05, 0.1) is 11.6 Å². The Balaban J connectivity index is 1.12. The summed E-state index contributed by atoms with van der Waals surface area (Å²) in [5, 5.41) is 13.7. The second-order valence-corrected chi connectivity index (χ2v) is 10.5. The normalized spacial score (nSPS) is 19.6. The summed E-state index contributed by atoms with van der Waals surface area (Å²) in [4.78, 5) is 43.9. The highest BCUT2D eigenvalue weighted by atomic mass is 16.5. The van der Waals surface area contributed by atoms with Gasteiger partial charge in [-0.3, -0.25) is 14.6 Å². The Morgan fingerprint density at radius 2 is 1.73 bits per heavy atom. The number of nitrogens with zero attached hydrogens (tertiary/aromatic N) is 2. The van der Waals surface area contributed by atoms with Gasteiger partial charge in [0.2, 0.25) is 5.91 Å². The summed E-state index contributed by atoms with van der Waals surface area (Å²) >= 11 is 0. The average molecular weight is 536 g/mol. The molecule has 1 aliphatic carbocycles. The number of Topliss-reactive ketones (excluding diaryl/α,β-unsaturated/α-hetero) is 1. The third kappa shape index (κ3) is 5.00. The van der Waals surface area contributed by atoms with Crippen molar-refractivity contribution in [1.82, 2.24) is 9.88 Å². The minimum absolute atomic E-state index is 0.144. The molecule has 1 aromatic heterocycles. The minimum atomic E-state index is -0.998. The molecular weight excluding hydrogens is 506 g/mol. The Kier molecular flexibility index (Phi) is 6.67. The minimum Gasteiger partial charge on any atom is -0.490 e. The van der Waals surface area contributed by atoms with E-state index in [1.807, 2.05) is 36.4 Å². The number of nitrogens with one attached hydrogen (secondary N) is 1. The van der Waals surface area contributed by atoms with Crippen molar-refractivity contribution < 1.29 is 24.2 Å². The molecule has 2 heterocycles. The van der Waals surface area contributed by atoms with Crippen molar-refractivity contribution in [3.05, 3.63) is 102 Å². The van der Waals surface area contributed by atoms with Crippen LogP contribution in [0.2, 0.25) is 0 Å². The molecule has 6 rings (SSSR count). The van der Waals surface area contributed by atoms with Crippen molar-refractivity contribution in [1.29, 1.82) is 0 Å². The van der Waals surface area contributed by atoms with Gasteiger partial charge in [0.15, 0.2) is 5.78 Å². The van der Waals surface area contributed by atoms with E-state index < -0.39 is 11.5 Å². The Morgan fingerprint density at radius 1 is 0.950 bits per heavy atom. The topological polar surface area (TPSA) is 109 Å². The lowest BCUT2D eigenvalue weighted by Gasteiger charge is -2.38. The van der Waals surface area contributed by atoms with Gasteiger partial charge >= 0.3 is 6.09 Å². The summed E-state index contributed by atoms with van der Waals surface area (Å²) in [6, 6.07) is 25.4. The molecule has 2 N–H and O–H groups in total. The number of fused-ring (bicyclic) bond motifs is 1. The zero-order valence-corrected chi connectivity index (χ0v) is 21.8. The lowest BCUT2D eigenvalue weighted by molar-refractivity contribution is -0.119. The van der Waals surface area contributed by atoms with Gasteiger partial charge in [0, 0.05) is 42.2 Å². The standard InChI is InChI=1S/C32H29N3O5/c36-29(22-5-2-1-3-6-22)32(15-16-32)30(37)34-24-10-12-25(13-11-24)40-26-14-18-35(31(38)39)28(20-26)23-9-8-21-7-4-17-33-27(21)19-23/h1-13,17,19,26,28H,14-16,18,20H2,(H,34,37)(H,38,39). The van der Waals surface area contributed by atoms with Crippen LogP contribution in [-0.2, 0) is 4.79 Å². The molecule has 2 unspecified atom stereocenters. The summed E-state index contributed by atoms with van der Waals surface area (Å²) < 4.78 is 6.26. The first-order chi connectivity index (χ1) is 19.4. The molecule has 2 aliphatic rings. The van der Waals surface area contributed by atoms with Crippen LogP contribution in [0.1, 0.15) is 47.6 Å². The predicted molar refractivity (Wildman–Crippen MR) is 150 cm³/mol. The molecule has 0 spiro atoms. The number of hydrogen-bond donors (Lipinski definition) is 2. The van der Waals surface area contributed by atoms with Crippen molar-refractivity contribution in [3.63, 3.8) is 0 Å². The van der Waals surface area contributed by atoms with Gasteiger partial charge < -0.3 is 20.1 Å². The highest BCUT2D eigenvalue weighted by molar-refractivity contribution is 6.19. The first kappa shape index (κ1) is 25.6. The van der Waals surface area contributed by atoms with Crippen LogP contribution in [0.3, 0.4) is 0 Å². The van der Waals surface area contributed by atoms with E-state index >= 15 is 0 Å². The number of ether oxygens (including phenoxy) is 1. The molecule has 40 heavy (non-hydrogen) atoms. The molecular formula is C32H29N3O5. The second-order valence-electron chi connectivity index (χ2n) is 10.5. The van der Waals surface area contributed by atoms with Crippen molar-refractivity contribution in [3.8, 4) is 5.75 Å². The molecule has 1 aliphatic heterocycles. The lowest BCUT2D eigenvalue weighted by Crippen LogP contribution is -2.43. The average Bonchev–Trinajstić information content (AvgIpc) is 3.80. The largest absolute Gasteiger partial charge is 0.490 e. The maximum Gasteiger partial charge on any atom is 0.407 e. The highest BCUT2D eigenvalue weighted by Gasteiger charge is 2.56. The predicted octanol–water partition coefficient (Wildman–Crippen LogP) is 6.10. The van der Waals surface area contributed by atoms with Crippen molar-refractivity contribution in [2.75, 3.05) is 11.9 Å². The molecule has 8 nitrogen and oxygen atoms in total. The number of carbonyl (C=O) groups is 3. The number of benzene rings is 3. The summed E-state index contributed by atoms with van der Waals surface area (Å²) in [6.45, 7) is 0.358. The molecule has 0 bridgehead atoms. The van der Waals surface area contributed by atoms with E-state index in [9.17, 15) is 19.5 Å². The number of anilines is 1. The first-order valence-corrected chi connectivity index (χ1v) is 13.5. The van der Waals surface area contributed by atoms with E-state index in [1.54, 1.807) is 54.7 Å². The van der Waals surface area contributed by atoms with E-state index in [4.69, 9.17) is 4.74 Å². The second kappa shape index (κ2) is 10.4. The van der Waals surface area contributed by atoms with Crippen LogP contribution in [0, 0.1) is 5.41 Å². The SMILES string of the molecule is O=C(O)N1CCC(Oc2ccc(NC(=O)C3(C(=O)c4ccccc4)CC3)cc2)CC1c1ccc2cccnc2c1. The number of pyridine rings is 1. The Hall–Kier alpha value is -4.72. The van der Waals surface area contributed by atoms with Gasteiger partial charge in [-0.2, -0.15) is 0 Å². The molecule has 4 aromatic rings. The Morgan fingerprint density at radius 3 is 2.45 bits per heavy atom. The molecule has 1 saturated carbocycles. The van der Waals surface area contributed by atoms with Gasteiger partial charge in [-0.15, -0.1) is 0 Å². The summed E-state index contributed by atoms with van der Waals surface area (Å²) in [6.07, 6.45) is 2.74. The molecule has 2 fully saturated rings. The number of aromatic nitrogens is 1. The van der Waals surface area contributed by atoms with E-state index in [1.165, 1.54) is 4.90 Å². The van der Waals surface area contributed by atoms with Crippen molar-refractivity contribution >= 4 is 34.4 Å². The number of carbonyl (C=O) groups excluding carboxylic acids is 2. The van der Waals surface area contributed by atoms with E-state index in [-0.39, 0.29) is 23.8 Å². The quantitative estimate of drug-likeness (QED) is 0.219. The van der Waals surface area contributed by atoms with E-state index in [2.05, 4.69) is 10.3 Å². The van der Waals surface area contributed by atoms with Crippen LogP contribution in [0.15, 0.2) is 91.1 Å². The summed E-state index contributed by atoms with van der Waals surface area (Å²) in [5.41, 5.74) is 1.85. The molecule has 2 atom stereocenters. The fourth-order valence-corrected chi connectivity index (χ4v) is 5.48. The van der Waals surface area contributed by atoms with Crippen LogP contribution >= 0.6 is 0 Å². The number of ketones is 1. The van der Waals surface area contributed by atoms with Crippen LogP contribution < -0.4 is 10.1 Å². The third-order valence-electron chi connectivity index (χ3n) is 7.88. The zero-order valence-electron chi connectivity index (χ0n) is 21.8. The van der Waals surface area contributed by atoms with Crippen molar-refractivity contribution in [2.24, 2.45) is 5.41 Å². The Labute approximate surface area is 231 Å². The number of carboxylic acid groups (broad SMARTS) is 1. The van der Waals surface area contributed by atoms with Crippen LogP contribution in [0.5, 0.6) is 5.75 Å². The molecule has 3 aromatic carbocycles.